The first-order chi connectivity index (χ1) is 27.4. The van der Waals surface area contributed by atoms with Gasteiger partial charge in [0.2, 0.25) is 0 Å². The Kier molecular flexibility index (Phi) is 8.00. The molecule has 0 fully saturated rings. The van der Waals surface area contributed by atoms with Crippen LogP contribution in [-0.4, -0.2) is 0 Å². The van der Waals surface area contributed by atoms with Crippen LogP contribution in [-0.2, 0) is 0 Å². The van der Waals surface area contributed by atoms with Crippen LogP contribution in [0.5, 0.6) is 0 Å². The summed E-state index contributed by atoms with van der Waals surface area (Å²) in [4.78, 5) is 4.68. The van der Waals surface area contributed by atoms with E-state index in [1.54, 1.807) is 0 Å². The van der Waals surface area contributed by atoms with Crippen LogP contribution < -0.4 is 9.80 Å². The number of furan rings is 2. The van der Waals surface area contributed by atoms with E-state index >= 15 is 0 Å². The topological polar surface area (TPSA) is 32.8 Å². The van der Waals surface area contributed by atoms with Crippen molar-refractivity contribution in [2.75, 3.05) is 9.80 Å². The fourth-order valence-electron chi connectivity index (χ4n) is 8.44. The second-order valence-corrected chi connectivity index (χ2v) is 14.7. The van der Waals surface area contributed by atoms with Crippen LogP contribution in [0.2, 0.25) is 0 Å². The second-order valence-electron chi connectivity index (χ2n) is 14.7. The van der Waals surface area contributed by atoms with Gasteiger partial charge < -0.3 is 18.6 Å². The molecule has 0 saturated heterocycles. The SMILES string of the molecule is Cc1cc(N(c2ccccc2C)c2cccc3c2oc2ccccc23)ccc1-c1ccc(N(c2ccccc2C)c2cccc3c2oc2ccccc23)cc1C. The fraction of sp³-hybridized carbons (Fsp3) is 0.0769. The highest BCUT2D eigenvalue weighted by molar-refractivity contribution is 6.11. The van der Waals surface area contributed by atoms with Gasteiger partial charge in [-0.05, 0) is 122 Å². The van der Waals surface area contributed by atoms with Crippen LogP contribution in [0.15, 0.2) is 179 Å². The molecule has 2 heterocycles. The number of hydrogen-bond donors (Lipinski definition) is 0. The maximum atomic E-state index is 6.58. The first kappa shape index (κ1) is 33.5. The molecular formula is C52H40N2O2. The summed E-state index contributed by atoms with van der Waals surface area (Å²) >= 11 is 0. The van der Waals surface area contributed by atoms with Gasteiger partial charge in [0.1, 0.15) is 11.2 Å². The largest absolute Gasteiger partial charge is 0.454 e. The van der Waals surface area contributed by atoms with Crippen molar-refractivity contribution in [2.24, 2.45) is 0 Å². The lowest BCUT2D eigenvalue weighted by molar-refractivity contribution is 0.668. The fourth-order valence-corrected chi connectivity index (χ4v) is 8.44. The molecule has 0 spiro atoms. The van der Waals surface area contributed by atoms with Crippen LogP contribution >= 0.6 is 0 Å². The molecule has 270 valence electrons. The van der Waals surface area contributed by atoms with Gasteiger partial charge in [0.05, 0.1) is 11.4 Å². The first-order valence-electron chi connectivity index (χ1n) is 19.2. The molecule has 10 rings (SSSR count). The Morgan fingerprint density at radius 1 is 0.321 bits per heavy atom. The molecule has 8 aromatic carbocycles. The van der Waals surface area contributed by atoms with Gasteiger partial charge in [-0.25, -0.2) is 0 Å². The monoisotopic (exact) mass is 724 g/mol. The predicted octanol–water partition coefficient (Wildman–Crippen LogP) is 15.3. The van der Waals surface area contributed by atoms with E-state index in [0.717, 1.165) is 78.0 Å². The van der Waals surface area contributed by atoms with Crippen molar-refractivity contribution in [1.29, 1.82) is 0 Å². The van der Waals surface area contributed by atoms with Gasteiger partial charge in [-0.3, -0.25) is 0 Å². The lowest BCUT2D eigenvalue weighted by atomic mass is 9.95. The normalized spacial score (nSPS) is 11.6. The van der Waals surface area contributed by atoms with Crippen LogP contribution in [0.1, 0.15) is 22.3 Å². The van der Waals surface area contributed by atoms with Crippen molar-refractivity contribution in [2.45, 2.75) is 27.7 Å². The minimum absolute atomic E-state index is 0.877. The molecule has 2 aromatic heterocycles. The summed E-state index contributed by atoms with van der Waals surface area (Å²) in [5.74, 6) is 0. The first-order valence-corrected chi connectivity index (χ1v) is 19.2. The Morgan fingerprint density at radius 3 is 1.12 bits per heavy atom. The maximum Gasteiger partial charge on any atom is 0.159 e. The zero-order valence-electron chi connectivity index (χ0n) is 31.9. The number of fused-ring (bicyclic) bond motifs is 6. The van der Waals surface area contributed by atoms with Crippen molar-refractivity contribution in [3.8, 4) is 11.1 Å². The summed E-state index contributed by atoms with van der Waals surface area (Å²) < 4.78 is 13.2. The molecule has 0 radical (unpaired) electrons. The average Bonchev–Trinajstić information content (AvgIpc) is 3.80. The van der Waals surface area contributed by atoms with Crippen molar-refractivity contribution >= 4 is 78.0 Å². The Morgan fingerprint density at radius 2 is 0.696 bits per heavy atom. The molecular weight excluding hydrogens is 685 g/mol. The maximum absolute atomic E-state index is 6.58. The molecule has 0 aliphatic heterocycles. The predicted molar refractivity (Wildman–Crippen MR) is 235 cm³/mol. The molecule has 56 heavy (non-hydrogen) atoms. The molecule has 0 atom stereocenters. The van der Waals surface area contributed by atoms with Gasteiger partial charge in [0.15, 0.2) is 11.2 Å². The van der Waals surface area contributed by atoms with Gasteiger partial charge in [0, 0.05) is 44.3 Å². The Labute approximate surface area is 326 Å². The molecule has 0 bridgehead atoms. The lowest BCUT2D eigenvalue weighted by Gasteiger charge is -2.28. The van der Waals surface area contributed by atoms with Crippen molar-refractivity contribution in [3.05, 3.63) is 192 Å². The second kappa shape index (κ2) is 13.4. The number of benzene rings is 8. The zero-order chi connectivity index (χ0) is 37.9. The van der Waals surface area contributed by atoms with Crippen LogP contribution in [0.3, 0.4) is 0 Å². The Bertz CT molecular complexity index is 2900. The number of aryl methyl sites for hydroxylation is 4. The highest BCUT2D eigenvalue weighted by atomic mass is 16.3. The van der Waals surface area contributed by atoms with Gasteiger partial charge in [-0.1, -0.05) is 109 Å². The number of para-hydroxylation sites is 6. The van der Waals surface area contributed by atoms with E-state index in [-0.39, 0.29) is 0 Å². The van der Waals surface area contributed by atoms with E-state index in [1.807, 2.05) is 24.3 Å². The van der Waals surface area contributed by atoms with E-state index < -0.39 is 0 Å². The average molecular weight is 725 g/mol. The van der Waals surface area contributed by atoms with E-state index in [0.29, 0.717) is 0 Å². The molecule has 0 N–H and O–H groups in total. The molecule has 0 saturated carbocycles. The number of nitrogens with zero attached hydrogens (tertiary/aromatic N) is 2. The summed E-state index contributed by atoms with van der Waals surface area (Å²) in [7, 11) is 0. The zero-order valence-corrected chi connectivity index (χ0v) is 31.9. The molecule has 0 amide bonds. The quantitative estimate of drug-likeness (QED) is 0.164. The minimum Gasteiger partial charge on any atom is -0.454 e. The van der Waals surface area contributed by atoms with E-state index in [4.69, 9.17) is 8.83 Å². The molecule has 0 aliphatic rings. The Balaban J connectivity index is 1.09. The summed E-state index contributed by atoms with van der Waals surface area (Å²) in [5.41, 5.74) is 17.1. The summed E-state index contributed by atoms with van der Waals surface area (Å²) in [6.07, 6.45) is 0. The minimum atomic E-state index is 0.877. The van der Waals surface area contributed by atoms with Crippen molar-refractivity contribution in [1.82, 2.24) is 0 Å². The van der Waals surface area contributed by atoms with E-state index in [1.165, 1.54) is 33.4 Å². The lowest BCUT2D eigenvalue weighted by Crippen LogP contribution is -2.12. The summed E-state index contributed by atoms with van der Waals surface area (Å²) in [5, 5.41) is 4.46. The van der Waals surface area contributed by atoms with Crippen molar-refractivity contribution < 1.29 is 8.83 Å². The molecule has 0 unspecified atom stereocenters. The third-order valence-corrected chi connectivity index (χ3v) is 11.2. The molecule has 10 aromatic rings. The highest BCUT2D eigenvalue weighted by Gasteiger charge is 2.23. The van der Waals surface area contributed by atoms with Gasteiger partial charge >= 0.3 is 0 Å². The summed E-state index contributed by atoms with van der Waals surface area (Å²) in [6.45, 7) is 8.77. The van der Waals surface area contributed by atoms with E-state index in [2.05, 4.69) is 183 Å². The van der Waals surface area contributed by atoms with Crippen LogP contribution in [0.4, 0.5) is 34.1 Å². The third kappa shape index (κ3) is 5.45. The van der Waals surface area contributed by atoms with Crippen LogP contribution in [0, 0.1) is 27.7 Å². The van der Waals surface area contributed by atoms with E-state index in [9.17, 15) is 0 Å². The Hall–Kier alpha value is -7.04. The van der Waals surface area contributed by atoms with Crippen LogP contribution in [0.25, 0.3) is 55.0 Å². The number of hydrogen-bond acceptors (Lipinski definition) is 4. The van der Waals surface area contributed by atoms with Gasteiger partial charge in [-0.2, -0.15) is 0 Å². The van der Waals surface area contributed by atoms with Gasteiger partial charge in [0.25, 0.3) is 0 Å². The number of rotatable bonds is 7. The molecule has 0 aliphatic carbocycles. The standard InChI is InChI=1S/C52H40N2O2/c1-33-15-5-9-21-45(33)53(47-23-13-19-43-41-17-7-11-25-49(41)55-51(43)47)37-27-29-39(35(3)31-37)40-30-28-38(32-36(40)4)54(46-22-10-6-16-34(46)2)48-24-14-20-44-42-18-8-12-26-50(42)56-52(44)48/h5-32H,1-4H3. The summed E-state index contributed by atoms with van der Waals surface area (Å²) in [6, 6.07) is 60.2. The van der Waals surface area contributed by atoms with Gasteiger partial charge in [-0.15, -0.1) is 0 Å². The molecule has 4 heteroatoms. The molecule has 4 nitrogen and oxygen atoms in total. The third-order valence-electron chi connectivity index (χ3n) is 11.2. The smallest absolute Gasteiger partial charge is 0.159 e. The number of anilines is 6. The van der Waals surface area contributed by atoms with Crippen molar-refractivity contribution in [3.63, 3.8) is 0 Å². The highest BCUT2D eigenvalue weighted by Crippen LogP contribution is 2.46.